The molecule has 186 valence electrons. The molecule has 0 aliphatic rings. The molecule has 8 heteroatoms. The fourth-order valence-corrected chi connectivity index (χ4v) is 4.40. The van der Waals surface area contributed by atoms with E-state index in [2.05, 4.69) is 39.4 Å². The first-order valence-corrected chi connectivity index (χ1v) is 12.3. The van der Waals surface area contributed by atoms with Gasteiger partial charge in [-0.3, -0.25) is 4.79 Å². The van der Waals surface area contributed by atoms with Gasteiger partial charge in [-0.25, -0.2) is 0 Å². The number of nitriles is 1. The van der Waals surface area contributed by atoms with Crippen LogP contribution in [0.4, 0.5) is 5.69 Å². The number of rotatable bonds is 8. The van der Waals surface area contributed by atoms with Gasteiger partial charge in [0.05, 0.1) is 24.9 Å². The fourth-order valence-electron chi connectivity index (χ4n) is 3.79. The van der Waals surface area contributed by atoms with Gasteiger partial charge in [-0.05, 0) is 40.6 Å². The zero-order chi connectivity index (χ0) is 26.4. The lowest BCUT2D eigenvalue weighted by molar-refractivity contribution is -0.112. The summed E-state index contributed by atoms with van der Waals surface area (Å²) in [6.45, 7) is 0.319. The molecule has 0 saturated heterocycles. The number of benzene rings is 4. The molecule has 0 fully saturated rings. The van der Waals surface area contributed by atoms with E-state index in [1.807, 2.05) is 36.4 Å². The summed E-state index contributed by atoms with van der Waals surface area (Å²) in [6, 6.07) is 24.6. The summed E-state index contributed by atoms with van der Waals surface area (Å²) < 4.78 is 17.5. The first-order valence-electron chi connectivity index (χ1n) is 11.2. The van der Waals surface area contributed by atoms with E-state index in [-0.39, 0.29) is 5.57 Å². The van der Waals surface area contributed by atoms with Crippen molar-refractivity contribution in [1.82, 2.24) is 0 Å². The first-order chi connectivity index (χ1) is 17.9. The molecule has 0 saturated carbocycles. The summed E-state index contributed by atoms with van der Waals surface area (Å²) in [5, 5.41) is 15.0. The summed E-state index contributed by atoms with van der Waals surface area (Å²) in [4.78, 5) is 13.0. The van der Waals surface area contributed by atoms with Crippen LogP contribution in [0.3, 0.4) is 0 Å². The van der Waals surface area contributed by atoms with Crippen LogP contribution in [0.5, 0.6) is 17.2 Å². The number of fused-ring (bicyclic) bond motifs is 1. The molecule has 6 nitrogen and oxygen atoms in total. The standard InChI is InChI=1S/C29H22BrClN2O4/c1-35-27-15-25(28(36-2)14-24(27)31)33-29(34)21(16-32)12-20-13-22(30)10-11-26(20)37-17-19-8-5-7-18-6-3-4-9-23(18)19/h3-15H,17H2,1-2H3,(H,33,34)/b21-12+. The van der Waals surface area contributed by atoms with Gasteiger partial charge in [0.25, 0.3) is 5.91 Å². The summed E-state index contributed by atoms with van der Waals surface area (Å²) >= 11 is 9.61. The van der Waals surface area contributed by atoms with Gasteiger partial charge in [-0.2, -0.15) is 5.26 Å². The molecule has 0 spiro atoms. The van der Waals surface area contributed by atoms with E-state index in [1.165, 1.54) is 32.4 Å². The third-order valence-electron chi connectivity index (χ3n) is 5.62. The van der Waals surface area contributed by atoms with Crippen LogP contribution in [0.2, 0.25) is 5.02 Å². The quantitative estimate of drug-likeness (QED) is 0.174. The van der Waals surface area contributed by atoms with Crippen molar-refractivity contribution >= 4 is 56.0 Å². The zero-order valence-corrected chi connectivity index (χ0v) is 22.4. The smallest absolute Gasteiger partial charge is 0.266 e. The number of methoxy groups -OCH3 is 2. The molecular weight excluding hydrogens is 556 g/mol. The molecule has 0 aliphatic carbocycles. The van der Waals surface area contributed by atoms with Crippen molar-refractivity contribution in [1.29, 1.82) is 5.26 Å². The molecule has 0 aromatic heterocycles. The predicted octanol–water partition coefficient (Wildman–Crippen LogP) is 7.40. The van der Waals surface area contributed by atoms with Crippen LogP contribution < -0.4 is 19.5 Å². The second kappa shape index (κ2) is 11.8. The van der Waals surface area contributed by atoms with Crippen LogP contribution in [0.1, 0.15) is 11.1 Å². The molecule has 0 atom stereocenters. The Balaban J connectivity index is 1.61. The average molecular weight is 578 g/mol. The van der Waals surface area contributed by atoms with E-state index in [0.29, 0.717) is 40.1 Å². The van der Waals surface area contributed by atoms with E-state index >= 15 is 0 Å². The van der Waals surface area contributed by atoms with E-state index in [1.54, 1.807) is 12.1 Å². The number of nitrogens with one attached hydrogen (secondary N) is 1. The molecule has 4 rings (SSSR count). The maximum Gasteiger partial charge on any atom is 0.266 e. The molecule has 1 amide bonds. The average Bonchev–Trinajstić information content (AvgIpc) is 2.91. The van der Waals surface area contributed by atoms with Crippen LogP contribution in [0.15, 0.2) is 82.8 Å². The van der Waals surface area contributed by atoms with E-state index in [9.17, 15) is 10.1 Å². The predicted molar refractivity (Wildman–Crippen MR) is 149 cm³/mol. The Hall–Kier alpha value is -3.99. The van der Waals surface area contributed by atoms with Crippen molar-refractivity contribution in [3.63, 3.8) is 0 Å². The summed E-state index contributed by atoms with van der Waals surface area (Å²) in [5.74, 6) is 0.599. The lowest BCUT2D eigenvalue weighted by Gasteiger charge is -2.14. The SMILES string of the molecule is COc1cc(NC(=O)/C(C#N)=C/c2cc(Br)ccc2OCc2cccc3ccccc23)c(OC)cc1Cl. The highest BCUT2D eigenvalue weighted by atomic mass is 79.9. The van der Waals surface area contributed by atoms with Crippen LogP contribution in [0, 0.1) is 11.3 Å². The largest absolute Gasteiger partial charge is 0.495 e. The Morgan fingerprint density at radius 3 is 2.51 bits per heavy atom. The topological polar surface area (TPSA) is 80.6 Å². The molecule has 4 aromatic carbocycles. The lowest BCUT2D eigenvalue weighted by atomic mass is 10.1. The van der Waals surface area contributed by atoms with Crippen molar-refractivity contribution in [3.8, 4) is 23.3 Å². The highest BCUT2D eigenvalue weighted by molar-refractivity contribution is 9.10. The molecule has 0 heterocycles. The molecule has 0 radical (unpaired) electrons. The Bertz CT molecular complexity index is 1540. The Kier molecular flexibility index (Phi) is 8.34. The van der Waals surface area contributed by atoms with Gasteiger partial charge < -0.3 is 19.5 Å². The highest BCUT2D eigenvalue weighted by Crippen LogP contribution is 2.36. The van der Waals surface area contributed by atoms with Crippen LogP contribution in [-0.2, 0) is 11.4 Å². The third kappa shape index (κ3) is 6.05. The monoisotopic (exact) mass is 576 g/mol. The number of anilines is 1. The number of ether oxygens (including phenoxy) is 3. The van der Waals surface area contributed by atoms with Crippen LogP contribution >= 0.6 is 27.5 Å². The van der Waals surface area contributed by atoms with Gasteiger partial charge in [0.2, 0.25) is 0 Å². The van der Waals surface area contributed by atoms with Gasteiger partial charge in [0, 0.05) is 22.2 Å². The lowest BCUT2D eigenvalue weighted by Crippen LogP contribution is -2.14. The van der Waals surface area contributed by atoms with Crippen molar-refractivity contribution in [2.24, 2.45) is 0 Å². The summed E-state index contributed by atoms with van der Waals surface area (Å²) in [5.41, 5.74) is 1.79. The van der Waals surface area contributed by atoms with Gasteiger partial charge in [-0.1, -0.05) is 70.0 Å². The number of halogens is 2. The van der Waals surface area contributed by atoms with Gasteiger partial charge >= 0.3 is 0 Å². The van der Waals surface area contributed by atoms with Crippen LogP contribution in [-0.4, -0.2) is 20.1 Å². The molecule has 37 heavy (non-hydrogen) atoms. The van der Waals surface area contributed by atoms with Crippen molar-refractivity contribution < 1.29 is 19.0 Å². The van der Waals surface area contributed by atoms with Crippen molar-refractivity contribution in [2.75, 3.05) is 19.5 Å². The number of carbonyl (C=O) groups excluding carboxylic acids is 1. The van der Waals surface area contributed by atoms with E-state index in [4.69, 9.17) is 25.8 Å². The molecule has 0 unspecified atom stereocenters. The molecule has 1 N–H and O–H groups in total. The maximum atomic E-state index is 13.0. The minimum absolute atomic E-state index is 0.121. The molecular formula is C29H22BrClN2O4. The van der Waals surface area contributed by atoms with Crippen LogP contribution in [0.25, 0.3) is 16.8 Å². The van der Waals surface area contributed by atoms with Gasteiger partial charge in [0.1, 0.15) is 35.5 Å². The number of nitrogens with zero attached hydrogens (tertiary/aromatic N) is 1. The second-order valence-corrected chi connectivity index (χ2v) is 9.24. The summed E-state index contributed by atoms with van der Waals surface area (Å²) in [7, 11) is 2.92. The minimum atomic E-state index is -0.620. The molecule has 0 bridgehead atoms. The molecule has 0 aliphatic heterocycles. The highest BCUT2D eigenvalue weighted by Gasteiger charge is 2.17. The summed E-state index contributed by atoms with van der Waals surface area (Å²) in [6.07, 6.45) is 1.48. The third-order valence-corrected chi connectivity index (χ3v) is 6.41. The van der Waals surface area contributed by atoms with Gasteiger partial charge in [-0.15, -0.1) is 0 Å². The Morgan fingerprint density at radius 1 is 1.00 bits per heavy atom. The van der Waals surface area contributed by atoms with Crippen molar-refractivity contribution in [2.45, 2.75) is 6.61 Å². The first kappa shape index (κ1) is 26.1. The van der Waals surface area contributed by atoms with Gasteiger partial charge in [0.15, 0.2) is 0 Å². The number of hydrogen-bond acceptors (Lipinski definition) is 5. The molecule has 4 aromatic rings. The minimum Gasteiger partial charge on any atom is -0.495 e. The number of amides is 1. The Morgan fingerprint density at radius 2 is 1.76 bits per heavy atom. The number of carbonyl (C=O) groups is 1. The normalized spacial score (nSPS) is 11.1. The van der Waals surface area contributed by atoms with Crippen molar-refractivity contribution in [3.05, 3.63) is 99.0 Å². The van der Waals surface area contributed by atoms with E-state index < -0.39 is 5.91 Å². The zero-order valence-electron chi connectivity index (χ0n) is 20.0. The fraction of sp³-hybridized carbons (Fsp3) is 0.103. The Labute approximate surface area is 228 Å². The van der Waals surface area contributed by atoms with E-state index in [0.717, 1.165) is 20.8 Å². The second-order valence-electron chi connectivity index (χ2n) is 7.92. The maximum absolute atomic E-state index is 13.0. The number of hydrogen-bond donors (Lipinski definition) is 1.